The van der Waals surface area contributed by atoms with Gasteiger partial charge in [-0.2, -0.15) is 0 Å². The van der Waals surface area contributed by atoms with Crippen molar-refractivity contribution in [2.75, 3.05) is 0 Å². The summed E-state index contributed by atoms with van der Waals surface area (Å²) in [4.78, 5) is 0. The van der Waals surface area contributed by atoms with Crippen LogP contribution in [0.1, 0.15) is 31.1 Å². The van der Waals surface area contributed by atoms with Crippen molar-refractivity contribution in [2.45, 2.75) is 37.1 Å². The third-order valence-corrected chi connectivity index (χ3v) is 3.16. The van der Waals surface area contributed by atoms with Crippen LogP contribution < -0.4 is 0 Å². The molecule has 3 rings (SSSR count). The normalized spacial score (nSPS) is 38.7. The second kappa shape index (κ2) is 2.36. The fourth-order valence-corrected chi connectivity index (χ4v) is 2.38. The van der Waals surface area contributed by atoms with E-state index < -0.39 is 6.10 Å². The van der Waals surface area contributed by atoms with Gasteiger partial charge >= 0.3 is 0 Å². The van der Waals surface area contributed by atoms with Gasteiger partial charge in [0, 0.05) is 0 Å². The summed E-state index contributed by atoms with van der Waals surface area (Å²) in [6.45, 7) is 0. The Morgan fingerprint density at radius 2 is 2.54 bits per heavy atom. The van der Waals surface area contributed by atoms with Crippen molar-refractivity contribution in [1.29, 1.82) is 0 Å². The molecule has 1 N–H and O–H groups in total. The highest BCUT2D eigenvalue weighted by atomic mass is 16.6. The minimum atomic E-state index is -0.574. The van der Waals surface area contributed by atoms with Gasteiger partial charge in [-0.05, 0) is 31.4 Å². The Hall–Kier alpha value is -0.800. The van der Waals surface area contributed by atoms with E-state index in [-0.39, 0.29) is 11.7 Å². The molecule has 0 bridgehead atoms. The zero-order valence-corrected chi connectivity index (χ0v) is 7.27. The summed E-state index contributed by atoms with van der Waals surface area (Å²) in [6, 6.07) is 3.60. The molecule has 0 unspecified atom stereocenters. The summed E-state index contributed by atoms with van der Waals surface area (Å²) in [5.41, 5.74) is -0.294. The van der Waals surface area contributed by atoms with Crippen molar-refractivity contribution in [3.8, 4) is 0 Å². The Kier molecular flexibility index (Phi) is 1.38. The molecule has 2 fully saturated rings. The molecule has 3 atom stereocenters. The van der Waals surface area contributed by atoms with Gasteiger partial charge in [0.1, 0.15) is 17.5 Å². The number of aliphatic hydroxyl groups is 1. The minimum absolute atomic E-state index is 0.271. The molecule has 0 amide bonds. The first kappa shape index (κ1) is 7.59. The maximum absolute atomic E-state index is 9.99. The molecule has 1 aromatic rings. The molecular weight excluding hydrogens is 168 g/mol. The lowest BCUT2D eigenvalue weighted by atomic mass is 9.98. The van der Waals surface area contributed by atoms with Crippen molar-refractivity contribution < 1.29 is 14.3 Å². The molecular formula is C10H12O3. The fraction of sp³-hybridized carbons (Fsp3) is 0.600. The highest BCUT2D eigenvalue weighted by molar-refractivity contribution is 5.18. The van der Waals surface area contributed by atoms with Gasteiger partial charge in [-0.15, -0.1) is 0 Å². The van der Waals surface area contributed by atoms with Crippen LogP contribution in [-0.4, -0.2) is 16.8 Å². The number of ether oxygens (including phenoxy) is 1. The van der Waals surface area contributed by atoms with E-state index >= 15 is 0 Å². The summed E-state index contributed by atoms with van der Waals surface area (Å²) >= 11 is 0. The molecule has 0 spiro atoms. The molecule has 70 valence electrons. The predicted molar refractivity (Wildman–Crippen MR) is 45.1 cm³/mol. The molecule has 1 aliphatic heterocycles. The third-order valence-electron chi connectivity index (χ3n) is 3.16. The van der Waals surface area contributed by atoms with Gasteiger partial charge in [0.05, 0.1) is 12.4 Å². The monoisotopic (exact) mass is 180 g/mol. The Morgan fingerprint density at radius 3 is 3.08 bits per heavy atom. The fourth-order valence-electron chi connectivity index (χ4n) is 2.38. The van der Waals surface area contributed by atoms with Gasteiger partial charge in [0.2, 0.25) is 0 Å². The van der Waals surface area contributed by atoms with Gasteiger partial charge < -0.3 is 14.3 Å². The van der Waals surface area contributed by atoms with Crippen LogP contribution in [0.25, 0.3) is 0 Å². The highest BCUT2D eigenvalue weighted by Gasteiger charge is 2.64. The number of aliphatic hydroxyl groups excluding tert-OH is 1. The molecule has 13 heavy (non-hydrogen) atoms. The van der Waals surface area contributed by atoms with Gasteiger partial charge in [0.25, 0.3) is 0 Å². The Bertz CT molecular complexity index is 306. The van der Waals surface area contributed by atoms with E-state index in [1.165, 1.54) is 0 Å². The Morgan fingerprint density at radius 1 is 1.62 bits per heavy atom. The van der Waals surface area contributed by atoms with Crippen LogP contribution in [0.15, 0.2) is 22.8 Å². The highest BCUT2D eigenvalue weighted by Crippen LogP contribution is 2.56. The molecule has 1 saturated heterocycles. The lowest BCUT2D eigenvalue weighted by molar-refractivity contribution is 0.0506. The van der Waals surface area contributed by atoms with E-state index in [2.05, 4.69) is 0 Å². The molecule has 3 nitrogen and oxygen atoms in total. The van der Waals surface area contributed by atoms with Crippen LogP contribution in [0.2, 0.25) is 0 Å². The molecule has 1 aliphatic carbocycles. The van der Waals surface area contributed by atoms with E-state index in [9.17, 15) is 5.11 Å². The van der Waals surface area contributed by atoms with Gasteiger partial charge in [-0.3, -0.25) is 0 Å². The predicted octanol–water partition coefficient (Wildman–Crippen LogP) is 1.63. The van der Waals surface area contributed by atoms with Gasteiger partial charge in [-0.1, -0.05) is 0 Å². The van der Waals surface area contributed by atoms with Crippen LogP contribution >= 0.6 is 0 Å². The number of furan rings is 1. The number of epoxide rings is 1. The molecule has 2 heterocycles. The van der Waals surface area contributed by atoms with Crippen molar-refractivity contribution >= 4 is 0 Å². The SMILES string of the molecule is O[C@H](c1ccco1)[C@@]12CCC[C@@H]1O2. The average molecular weight is 180 g/mol. The quantitative estimate of drug-likeness (QED) is 0.703. The number of rotatable bonds is 2. The number of hydrogen-bond acceptors (Lipinski definition) is 3. The summed E-state index contributed by atoms with van der Waals surface area (Å²) in [5.74, 6) is 0.629. The van der Waals surface area contributed by atoms with Crippen LogP contribution in [0, 0.1) is 0 Å². The molecule has 2 aliphatic rings. The molecule has 0 aromatic carbocycles. The van der Waals surface area contributed by atoms with Crippen molar-refractivity contribution in [1.82, 2.24) is 0 Å². The maximum atomic E-state index is 9.99. The smallest absolute Gasteiger partial charge is 0.143 e. The zero-order chi connectivity index (χ0) is 8.89. The standard InChI is InChI=1S/C10H12O3/c11-9(7-3-2-6-12-7)10-5-1-4-8(10)13-10/h2-3,6,8-9,11H,1,4-5H2/t8-,9+,10+/m0/s1. The van der Waals surface area contributed by atoms with Gasteiger partial charge in [-0.25, -0.2) is 0 Å². The van der Waals surface area contributed by atoms with Crippen molar-refractivity contribution in [3.63, 3.8) is 0 Å². The second-order valence-electron chi connectivity index (χ2n) is 3.87. The first-order chi connectivity index (χ1) is 6.33. The lowest BCUT2D eigenvalue weighted by Crippen LogP contribution is -2.21. The Labute approximate surface area is 76.3 Å². The minimum Gasteiger partial charge on any atom is -0.466 e. The summed E-state index contributed by atoms with van der Waals surface area (Å²) in [6.07, 6.45) is 4.48. The summed E-state index contributed by atoms with van der Waals surface area (Å²) in [5, 5.41) is 9.99. The van der Waals surface area contributed by atoms with Gasteiger partial charge in [0.15, 0.2) is 0 Å². The largest absolute Gasteiger partial charge is 0.466 e. The zero-order valence-electron chi connectivity index (χ0n) is 7.27. The first-order valence-electron chi connectivity index (χ1n) is 4.72. The van der Waals surface area contributed by atoms with E-state index in [0.717, 1.165) is 19.3 Å². The molecule has 1 saturated carbocycles. The Balaban J connectivity index is 1.86. The van der Waals surface area contributed by atoms with E-state index in [4.69, 9.17) is 9.15 Å². The average Bonchev–Trinajstić information content (AvgIpc) is 2.63. The summed E-state index contributed by atoms with van der Waals surface area (Å²) in [7, 11) is 0. The van der Waals surface area contributed by atoms with Crippen LogP contribution in [-0.2, 0) is 4.74 Å². The number of hydrogen-bond donors (Lipinski definition) is 1. The second-order valence-corrected chi connectivity index (χ2v) is 3.87. The van der Waals surface area contributed by atoms with Crippen LogP contribution in [0.3, 0.4) is 0 Å². The van der Waals surface area contributed by atoms with E-state index in [0.29, 0.717) is 5.76 Å². The molecule has 3 heteroatoms. The van der Waals surface area contributed by atoms with E-state index in [1.807, 2.05) is 0 Å². The maximum Gasteiger partial charge on any atom is 0.143 e. The van der Waals surface area contributed by atoms with E-state index in [1.54, 1.807) is 18.4 Å². The third kappa shape index (κ3) is 0.914. The van der Waals surface area contributed by atoms with Crippen LogP contribution in [0.4, 0.5) is 0 Å². The number of fused-ring (bicyclic) bond motifs is 1. The lowest BCUT2D eigenvalue weighted by Gasteiger charge is -2.14. The molecule has 0 radical (unpaired) electrons. The topological polar surface area (TPSA) is 45.9 Å². The van der Waals surface area contributed by atoms with Crippen LogP contribution in [0.5, 0.6) is 0 Å². The first-order valence-corrected chi connectivity index (χ1v) is 4.72. The van der Waals surface area contributed by atoms with Crippen molar-refractivity contribution in [3.05, 3.63) is 24.2 Å². The van der Waals surface area contributed by atoms with Crippen molar-refractivity contribution in [2.24, 2.45) is 0 Å². The summed E-state index contributed by atoms with van der Waals surface area (Å²) < 4.78 is 10.7. The molecule has 1 aromatic heterocycles.